The molecule has 0 bridgehead atoms. The minimum atomic E-state index is -1.84. The quantitative estimate of drug-likeness (QED) is 0.0707. The molecule has 292 valence electrons. The van der Waals surface area contributed by atoms with E-state index in [1.54, 1.807) is 0 Å². The van der Waals surface area contributed by atoms with Gasteiger partial charge in [-0.2, -0.15) is 0 Å². The Labute approximate surface area is 290 Å². The summed E-state index contributed by atoms with van der Waals surface area (Å²) in [5, 5.41) is 106. The van der Waals surface area contributed by atoms with E-state index in [4.69, 9.17) is 28.4 Å². The molecule has 0 aromatic heterocycles. The highest BCUT2D eigenvalue weighted by atomic mass is 16.7. The summed E-state index contributed by atoms with van der Waals surface area (Å²) in [6.07, 6.45) is -19.8. The summed E-state index contributed by atoms with van der Waals surface area (Å²) in [6, 6.07) is 0. The number of nitrogens with one attached hydrogen (secondary N) is 1. The van der Waals surface area contributed by atoms with Crippen LogP contribution in [0.4, 0.5) is 0 Å². The number of ether oxygens (including phenoxy) is 6. The fourth-order valence-corrected chi connectivity index (χ4v) is 6.70. The maximum Gasteiger partial charge on any atom is 0.219 e. The predicted octanol–water partition coefficient (Wildman–Crippen LogP) is -5.53. The normalized spacial score (nSPS) is 42.0. The van der Waals surface area contributed by atoms with Gasteiger partial charge in [-0.05, 0) is 51.6 Å². The minimum absolute atomic E-state index is 0.0604. The van der Waals surface area contributed by atoms with Crippen LogP contribution in [0.15, 0.2) is 0 Å². The third-order valence-corrected chi connectivity index (χ3v) is 9.84. The highest BCUT2D eigenvalue weighted by Crippen LogP contribution is 2.31. The topological polar surface area (TPSA) is 290 Å². The van der Waals surface area contributed by atoms with Crippen molar-refractivity contribution in [2.24, 2.45) is 5.92 Å². The maximum atomic E-state index is 11.7. The standard InChI is InChI=1S/C31H56N2O17/c1-2-32-19(36)5-3-4-15-6-8-33(9-7-15)10-11-45-30-27(44)28(50-31-26(43)24(41)21(38)17(13-35)48-31)22(39)18(49-30)14-46-29-25(42)23(40)20(37)16(12-34)47-29/h15-18,20-31,34-35,37-44H,2-14H2,1H3,(H,32,36)/t16-,17-,18-,20-,21-,22-,23+,24+,25+,26+,27+,28+,29+,30-,31-/m1/s1. The molecule has 0 aromatic carbocycles. The first-order valence-electron chi connectivity index (χ1n) is 17.4. The summed E-state index contributed by atoms with van der Waals surface area (Å²) >= 11 is 0. The Kier molecular flexibility index (Phi) is 16.4. The Morgan fingerprint density at radius 2 is 1.28 bits per heavy atom. The van der Waals surface area contributed by atoms with Crippen LogP contribution in [0.25, 0.3) is 0 Å². The lowest BCUT2D eigenvalue weighted by molar-refractivity contribution is -0.366. The molecule has 19 nitrogen and oxygen atoms in total. The van der Waals surface area contributed by atoms with Crippen LogP contribution in [0, 0.1) is 5.92 Å². The van der Waals surface area contributed by atoms with Crippen molar-refractivity contribution < 1.29 is 84.3 Å². The molecule has 4 rings (SSSR count). The molecule has 1 amide bonds. The molecule has 4 fully saturated rings. The van der Waals surface area contributed by atoms with Crippen molar-refractivity contribution in [3.05, 3.63) is 0 Å². The van der Waals surface area contributed by atoms with Crippen LogP contribution in [0.2, 0.25) is 0 Å². The molecule has 15 atom stereocenters. The second kappa shape index (κ2) is 19.7. The first kappa shape index (κ1) is 41.5. The van der Waals surface area contributed by atoms with Gasteiger partial charge in [0.05, 0.1) is 26.4 Å². The number of amides is 1. The van der Waals surface area contributed by atoms with E-state index in [2.05, 4.69) is 10.2 Å². The van der Waals surface area contributed by atoms with Crippen LogP contribution in [-0.2, 0) is 33.2 Å². The molecule has 0 saturated carbocycles. The molecule has 4 saturated heterocycles. The Hall–Kier alpha value is -1.21. The molecule has 4 aliphatic rings. The number of hydrogen-bond donors (Lipinski definition) is 11. The first-order valence-corrected chi connectivity index (χ1v) is 17.4. The third-order valence-electron chi connectivity index (χ3n) is 9.84. The van der Waals surface area contributed by atoms with E-state index in [-0.39, 0.29) is 12.5 Å². The summed E-state index contributed by atoms with van der Waals surface area (Å²) in [6.45, 7) is 2.71. The first-order chi connectivity index (χ1) is 23.9. The van der Waals surface area contributed by atoms with Gasteiger partial charge in [-0.1, -0.05) is 0 Å². The van der Waals surface area contributed by atoms with Crippen LogP contribution in [0.1, 0.15) is 39.0 Å². The number of piperidine rings is 1. The van der Waals surface area contributed by atoms with E-state index in [0.717, 1.165) is 38.8 Å². The van der Waals surface area contributed by atoms with Crippen molar-refractivity contribution >= 4 is 5.91 Å². The van der Waals surface area contributed by atoms with Crippen LogP contribution in [0.3, 0.4) is 0 Å². The zero-order valence-electron chi connectivity index (χ0n) is 28.2. The van der Waals surface area contributed by atoms with Gasteiger partial charge in [-0.15, -0.1) is 0 Å². The number of carbonyl (C=O) groups is 1. The van der Waals surface area contributed by atoms with Crippen molar-refractivity contribution in [3.8, 4) is 0 Å². The van der Waals surface area contributed by atoms with E-state index < -0.39 is 112 Å². The Morgan fingerprint density at radius 3 is 1.88 bits per heavy atom. The zero-order valence-corrected chi connectivity index (χ0v) is 28.2. The van der Waals surface area contributed by atoms with Crippen molar-refractivity contribution in [3.63, 3.8) is 0 Å². The number of aliphatic hydroxyl groups excluding tert-OH is 10. The monoisotopic (exact) mass is 728 g/mol. The summed E-state index contributed by atoms with van der Waals surface area (Å²) in [5.41, 5.74) is 0. The number of hydrogen-bond acceptors (Lipinski definition) is 18. The number of likely N-dealkylation sites (tertiary alicyclic amines) is 1. The van der Waals surface area contributed by atoms with Crippen molar-refractivity contribution in [1.29, 1.82) is 0 Å². The van der Waals surface area contributed by atoms with Gasteiger partial charge < -0.3 is 89.7 Å². The third kappa shape index (κ3) is 10.5. The Morgan fingerprint density at radius 1 is 0.720 bits per heavy atom. The molecule has 4 aliphatic heterocycles. The van der Waals surface area contributed by atoms with Gasteiger partial charge >= 0.3 is 0 Å². The van der Waals surface area contributed by atoms with E-state index >= 15 is 0 Å². The van der Waals surface area contributed by atoms with Crippen molar-refractivity contribution in [2.45, 2.75) is 131 Å². The van der Waals surface area contributed by atoms with E-state index in [1.165, 1.54) is 0 Å². The van der Waals surface area contributed by atoms with Gasteiger partial charge in [0, 0.05) is 19.5 Å². The van der Waals surface area contributed by atoms with Crippen LogP contribution >= 0.6 is 0 Å². The van der Waals surface area contributed by atoms with Gasteiger partial charge in [0.15, 0.2) is 18.9 Å². The predicted molar refractivity (Wildman–Crippen MR) is 167 cm³/mol. The molecule has 4 heterocycles. The zero-order chi connectivity index (χ0) is 36.5. The van der Waals surface area contributed by atoms with Crippen LogP contribution < -0.4 is 5.32 Å². The molecule has 0 aromatic rings. The second-order valence-electron chi connectivity index (χ2n) is 13.4. The molecule has 50 heavy (non-hydrogen) atoms. The molecular weight excluding hydrogens is 672 g/mol. The smallest absolute Gasteiger partial charge is 0.219 e. The highest BCUT2D eigenvalue weighted by Gasteiger charge is 2.52. The van der Waals surface area contributed by atoms with E-state index in [9.17, 15) is 55.9 Å². The lowest BCUT2D eigenvalue weighted by Crippen LogP contribution is -2.65. The lowest BCUT2D eigenvalue weighted by atomic mass is 9.91. The Bertz CT molecular complexity index is 1010. The highest BCUT2D eigenvalue weighted by molar-refractivity contribution is 5.75. The average molecular weight is 729 g/mol. The Balaban J connectivity index is 1.36. The fraction of sp³-hybridized carbons (Fsp3) is 0.968. The fourth-order valence-electron chi connectivity index (χ4n) is 6.70. The number of carbonyl (C=O) groups excluding carboxylic acids is 1. The number of nitrogens with zero attached hydrogens (tertiary/aromatic N) is 1. The summed E-state index contributed by atoms with van der Waals surface area (Å²) in [7, 11) is 0. The molecule has 0 unspecified atom stereocenters. The summed E-state index contributed by atoms with van der Waals surface area (Å²) in [4.78, 5) is 13.9. The van der Waals surface area contributed by atoms with Crippen molar-refractivity contribution in [2.75, 3.05) is 52.6 Å². The lowest BCUT2D eigenvalue weighted by Gasteiger charge is -2.46. The molecule has 0 radical (unpaired) electrons. The van der Waals surface area contributed by atoms with Gasteiger partial charge in [-0.3, -0.25) is 4.79 Å². The summed E-state index contributed by atoms with van der Waals surface area (Å²) in [5.74, 6) is 0.571. The maximum absolute atomic E-state index is 11.7. The van der Waals surface area contributed by atoms with E-state index in [1.807, 2.05) is 6.92 Å². The van der Waals surface area contributed by atoms with Crippen LogP contribution in [0.5, 0.6) is 0 Å². The van der Waals surface area contributed by atoms with E-state index in [0.29, 0.717) is 25.4 Å². The second-order valence-corrected chi connectivity index (χ2v) is 13.4. The number of rotatable bonds is 16. The molecule has 11 N–H and O–H groups in total. The van der Waals surface area contributed by atoms with Crippen molar-refractivity contribution in [1.82, 2.24) is 10.2 Å². The minimum Gasteiger partial charge on any atom is -0.394 e. The SMILES string of the molecule is CCNC(=O)CCCC1CCN(CCO[C@@H]2O[C@H](CO[C@H]3O[C@H](CO)[C@@H](O)[C@H](O)[C@@H]3O)[C@@H](O)[C@H](O[C@H]3O[C@H](CO)[C@@H](O)[C@H](O)[C@@H]3O)[C@@H]2O)CC1. The molecular formula is C31H56N2O17. The summed E-state index contributed by atoms with van der Waals surface area (Å²) < 4.78 is 33.8. The molecule has 0 aliphatic carbocycles. The van der Waals surface area contributed by atoms with Gasteiger partial charge in [-0.25, -0.2) is 0 Å². The van der Waals surface area contributed by atoms with Gasteiger partial charge in [0.2, 0.25) is 5.91 Å². The van der Waals surface area contributed by atoms with Gasteiger partial charge in [0.1, 0.15) is 73.2 Å². The largest absolute Gasteiger partial charge is 0.394 e. The molecule has 0 spiro atoms. The average Bonchev–Trinajstić information content (AvgIpc) is 3.11. The van der Waals surface area contributed by atoms with Gasteiger partial charge in [0.25, 0.3) is 0 Å². The van der Waals surface area contributed by atoms with Crippen LogP contribution in [-0.4, -0.2) is 207 Å². The number of aliphatic hydroxyl groups is 10. The molecule has 19 heteroatoms.